The van der Waals surface area contributed by atoms with Crippen molar-refractivity contribution < 1.29 is 13.2 Å². The number of nitrogens with zero attached hydrogens (tertiary/aromatic N) is 2. The zero-order valence-electron chi connectivity index (χ0n) is 16.6. The molecule has 0 aliphatic rings. The monoisotopic (exact) mass is 431 g/mol. The second-order valence-corrected chi connectivity index (χ2v) is 9.37. The minimum absolute atomic E-state index is 0.220. The van der Waals surface area contributed by atoms with Crippen LogP contribution >= 0.6 is 11.6 Å². The maximum absolute atomic E-state index is 12.6. The molecule has 1 amide bonds. The number of hydrogen-bond acceptors (Lipinski definition) is 4. The van der Waals surface area contributed by atoms with E-state index in [9.17, 15) is 13.2 Å². The molecule has 1 atom stereocenters. The van der Waals surface area contributed by atoms with Crippen LogP contribution in [-0.4, -0.2) is 30.4 Å². The van der Waals surface area contributed by atoms with Gasteiger partial charge >= 0.3 is 0 Å². The van der Waals surface area contributed by atoms with Crippen molar-refractivity contribution in [3.63, 3.8) is 0 Å². The minimum Gasteiger partial charge on any atom is -0.346 e. The van der Waals surface area contributed by atoms with Crippen LogP contribution < -0.4 is 5.32 Å². The highest BCUT2D eigenvalue weighted by atomic mass is 35.5. The summed E-state index contributed by atoms with van der Waals surface area (Å²) in [6.45, 7) is 5.58. The summed E-state index contributed by atoms with van der Waals surface area (Å²) in [4.78, 5) is 12.8. The molecule has 8 heteroatoms. The average molecular weight is 432 g/mol. The number of rotatable bonds is 5. The van der Waals surface area contributed by atoms with Crippen LogP contribution in [0.4, 0.5) is 0 Å². The third-order valence-corrected chi connectivity index (χ3v) is 6.41. The van der Waals surface area contributed by atoms with E-state index >= 15 is 0 Å². The van der Waals surface area contributed by atoms with E-state index in [1.807, 2.05) is 32.9 Å². The summed E-state index contributed by atoms with van der Waals surface area (Å²) in [6, 6.07) is 13.3. The average Bonchev–Trinajstić information content (AvgIpc) is 2.95. The third kappa shape index (κ3) is 4.52. The molecule has 152 valence electrons. The Morgan fingerprint density at radius 2 is 1.66 bits per heavy atom. The number of hydrogen-bond donors (Lipinski definition) is 1. The fourth-order valence-corrected chi connectivity index (χ4v) is 3.74. The van der Waals surface area contributed by atoms with E-state index in [-0.39, 0.29) is 16.8 Å². The lowest BCUT2D eigenvalue weighted by molar-refractivity contribution is 0.0940. The predicted molar refractivity (Wildman–Crippen MR) is 113 cm³/mol. The largest absolute Gasteiger partial charge is 0.346 e. The van der Waals surface area contributed by atoms with E-state index in [1.165, 1.54) is 0 Å². The topological polar surface area (TPSA) is 81.1 Å². The summed E-state index contributed by atoms with van der Waals surface area (Å²) in [7, 11) is -3.25. The molecule has 1 unspecified atom stereocenters. The summed E-state index contributed by atoms with van der Waals surface area (Å²) in [5.74, 6) is -0.220. The molecule has 0 fully saturated rings. The molecule has 0 spiro atoms. The highest BCUT2D eigenvalue weighted by Crippen LogP contribution is 2.23. The summed E-state index contributed by atoms with van der Waals surface area (Å²) < 4.78 is 24.9. The maximum Gasteiger partial charge on any atom is 0.251 e. The van der Waals surface area contributed by atoms with Crippen LogP contribution in [0.5, 0.6) is 0 Å². The Balaban J connectivity index is 1.73. The number of nitrogens with one attached hydrogen (secondary N) is 1. The van der Waals surface area contributed by atoms with Crippen molar-refractivity contribution in [2.45, 2.75) is 31.7 Å². The molecule has 1 aromatic heterocycles. The highest BCUT2D eigenvalue weighted by molar-refractivity contribution is 7.90. The van der Waals surface area contributed by atoms with Gasteiger partial charge in [0, 0.05) is 11.8 Å². The van der Waals surface area contributed by atoms with E-state index in [2.05, 4.69) is 10.4 Å². The molecule has 2 aromatic carbocycles. The molecule has 0 saturated carbocycles. The van der Waals surface area contributed by atoms with Gasteiger partial charge in [-0.2, -0.15) is 5.10 Å². The van der Waals surface area contributed by atoms with Gasteiger partial charge in [-0.25, -0.2) is 13.1 Å². The summed E-state index contributed by atoms with van der Waals surface area (Å²) in [5.41, 5.74) is 3.74. The van der Waals surface area contributed by atoms with E-state index in [0.29, 0.717) is 10.6 Å². The zero-order valence-corrected chi connectivity index (χ0v) is 18.2. The van der Waals surface area contributed by atoms with Crippen molar-refractivity contribution in [2.24, 2.45) is 0 Å². The van der Waals surface area contributed by atoms with Crippen molar-refractivity contribution in [3.05, 3.63) is 76.1 Å². The van der Waals surface area contributed by atoms with Gasteiger partial charge in [0.1, 0.15) is 0 Å². The molecule has 1 heterocycles. The molecular weight excluding hydrogens is 410 g/mol. The first-order valence-electron chi connectivity index (χ1n) is 9.01. The lowest BCUT2D eigenvalue weighted by atomic mass is 10.1. The van der Waals surface area contributed by atoms with E-state index in [0.717, 1.165) is 28.9 Å². The van der Waals surface area contributed by atoms with Gasteiger partial charge in [-0.15, -0.1) is 0 Å². The van der Waals surface area contributed by atoms with Crippen LogP contribution in [0.3, 0.4) is 0 Å². The normalized spacial score (nSPS) is 12.6. The number of carbonyl (C=O) groups excluding carboxylic acids is 1. The maximum atomic E-state index is 12.6. The van der Waals surface area contributed by atoms with E-state index in [1.54, 1.807) is 41.1 Å². The Labute approximate surface area is 175 Å². The van der Waals surface area contributed by atoms with Crippen LogP contribution in [0.2, 0.25) is 5.02 Å². The molecule has 0 radical (unpaired) electrons. The smallest absolute Gasteiger partial charge is 0.251 e. The van der Waals surface area contributed by atoms with Gasteiger partial charge in [0.15, 0.2) is 9.84 Å². The Hall–Kier alpha value is -2.64. The first-order valence-corrected chi connectivity index (χ1v) is 11.3. The van der Waals surface area contributed by atoms with Crippen molar-refractivity contribution in [1.29, 1.82) is 0 Å². The lowest BCUT2D eigenvalue weighted by Gasteiger charge is -2.15. The fourth-order valence-electron chi connectivity index (χ4n) is 3.00. The van der Waals surface area contributed by atoms with Crippen LogP contribution in [0.25, 0.3) is 5.69 Å². The Morgan fingerprint density at radius 3 is 2.14 bits per heavy atom. The van der Waals surface area contributed by atoms with Crippen molar-refractivity contribution >= 4 is 27.3 Å². The first kappa shape index (κ1) is 21.1. The summed E-state index contributed by atoms with van der Waals surface area (Å²) in [5, 5.41) is 7.96. The van der Waals surface area contributed by atoms with Gasteiger partial charge in [-0.1, -0.05) is 23.7 Å². The second kappa shape index (κ2) is 8.00. The van der Waals surface area contributed by atoms with Crippen LogP contribution in [0.1, 0.15) is 40.3 Å². The SMILES string of the molecule is Cc1nn(-c2ccc(C(=O)NC(C)c3ccc(S(C)(=O)=O)cc3)cc2)c(C)c1Cl. The van der Waals surface area contributed by atoms with Crippen LogP contribution in [0, 0.1) is 13.8 Å². The first-order chi connectivity index (χ1) is 13.6. The molecule has 0 bridgehead atoms. The second-order valence-electron chi connectivity index (χ2n) is 6.98. The van der Waals surface area contributed by atoms with Crippen molar-refractivity contribution in [3.8, 4) is 5.69 Å². The van der Waals surface area contributed by atoms with Crippen LogP contribution in [-0.2, 0) is 9.84 Å². The Bertz CT molecular complexity index is 1150. The van der Waals surface area contributed by atoms with Crippen LogP contribution in [0.15, 0.2) is 53.4 Å². The molecule has 3 aromatic rings. The number of halogens is 1. The molecule has 1 N–H and O–H groups in total. The molecule has 0 aliphatic carbocycles. The molecule has 0 aliphatic heterocycles. The number of aryl methyl sites for hydroxylation is 1. The van der Waals surface area contributed by atoms with Gasteiger partial charge in [-0.05, 0) is 62.7 Å². The van der Waals surface area contributed by atoms with Crippen molar-refractivity contribution in [2.75, 3.05) is 6.26 Å². The summed E-state index contributed by atoms with van der Waals surface area (Å²) >= 11 is 6.20. The zero-order chi connectivity index (χ0) is 21.3. The van der Waals surface area contributed by atoms with E-state index in [4.69, 9.17) is 11.6 Å². The molecule has 6 nitrogen and oxygen atoms in total. The molecule has 0 saturated heterocycles. The Morgan fingerprint density at radius 1 is 1.07 bits per heavy atom. The van der Waals surface area contributed by atoms with Gasteiger partial charge in [0.2, 0.25) is 0 Å². The quantitative estimate of drug-likeness (QED) is 0.661. The molecular formula is C21H22ClN3O3S. The van der Waals surface area contributed by atoms with Crippen molar-refractivity contribution in [1.82, 2.24) is 15.1 Å². The molecule has 3 rings (SSSR count). The lowest BCUT2D eigenvalue weighted by Crippen LogP contribution is -2.26. The summed E-state index contributed by atoms with van der Waals surface area (Å²) in [6.07, 6.45) is 1.16. The van der Waals surface area contributed by atoms with Gasteiger partial charge < -0.3 is 5.32 Å². The third-order valence-electron chi connectivity index (χ3n) is 4.73. The number of sulfone groups is 1. The number of amides is 1. The minimum atomic E-state index is -3.25. The van der Waals surface area contributed by atoms with Gasteiger partial charge in [0.05, 0.1) is 33.0 Å². The number of benzene rings is 2. The number of aromatic nitrogens is 2. The van der Waals surface area contributed by atoms with E-state index < -0.39 is 9.84 Å². The standard InChI is InChI=1S/C21H22ClN3O3S/c1-13(16-7-11-19(12-8-16)29(4,27)28)23-21(26)17-5-9-18(10-6-17)25-15(3)20(22)14(2)24-25/h5-13H,1-4H3,(H,23,26). The van der Waals surface area contributed by atoms with Gasteiger partial charge in [-0.3, -0.25) is 4.79 Å². The fraction of sp³-hybridized carbons (Fsp3) is 0.238. The van der Waals surface area contributed by atoms with Gasteiger partial charge in [0.25, 0.3) is 5.91 Å². The Kier molecular flexibility index (Phi) is 5.82. The predicted octanol–water partition coefficient (Wildman–Crippen LogP) is 4.04. The highest BCUT2D eigenvalue weighted by Gasteiger charge is 2.15. The molecule has 29 heavy (non-hydrogen) atoms. The number of carbonyl (C=O) groups is 1.